The number of hydrogen-bond donors (Lipinski definition) is 1. The molecule has 0 aliphatic heterocycles. The van der Waals surface area contributed by atoms with E-state index in [0.717, 1.165) is 44.5 Å². The van der Waals surface area contributed by atoms with E-state index in [2.05, 4.69) is 47.0 Å². The van der Waals surface area contributed by atoms with Gasteiger partial charge in [0.1, 0.15) is 16.7 Å². The van der Waals surface area contributed by atoms with Crippen LogP contribution >= 0.6 is 11.3 Å². The SMILES string of the molecule is CCc1cc2cccc(-c3ccccc3C)c2c(=O)n1-c1ccccc1.Nc1ncnc2scnc12. The largest absolute Gasteiger partial charge is 0.382 e. The second-order valence-electron chi connectivity index (χ2n) is 8.32. The number of pyridine rings is 1. The van der Waals surface area contributed by atoms with Gasteiger partial charge in [-0.15, -0.1) is 11.3 Å². The molecule has 3 aromatic heterocycles. The summed E-state index contributed by atoms with van der Waals surface area (Å²) in [4.78, 5) is 26.2. The number of nitrogens with zero attached hydrogens (tertiary/aromatic N) is 4. The highest BCUT2D eigenvalue weighted by Crippen LogP contribution is 2.30. The van der Waals surface area contributed by atoms with Crippen molar-refractivity contribution in [1.29, 1.82) is 0 Å². The summed E-state index contributed by atoms with van der Waals surface area (Å²) < 4.78 is 1.85. The predicted octanol–water partition coefficient (Wildman–Crippen LogP) is 6.20. The van der Waals surface area contributed by atoms with Crippen LogP contribution in [0.1, 0.15) is 18.2 Å². The Morgan fingerprint density at radius 2 is 1.64 bits per heavy atom. The highest BCUT2D eigenvalue weighted by Gasteiger charge is 2.14. The minimum absolute atomic E-state index is 0.0457. The number of aryl methyl sites for hydroxylation is 2. The van der Waals surface area contributed by atoms with Crippen molar-refractivity contribution >= 4 is 38.3 Å². The number of rotatable bonds is 3. The Kier molecular flexibility index (Phi) is 6.56. The Labute approximate surface area is 212 Å². The lowest BCUT2D eigenvalue weighted by Crippen LogP contribution is -2.22. The van der Waals surface area contributed by atoms with Gasteiger partial charge in [0.2, 0.25) is 0 Å². The van der Waals surface area contributed by atoms with Crippen molar-refractivity contribution in [3.8, 4) is 16.8 Å². The summed E-state index contributed by atoms with van der Waals surface area (Å²) in [6, 6.07) is 26.4. The quantitative estimate of drug-likeness (QED) is 0.319. The lowest BCUT2D eigenvalue weighted by atomic mass is 9.95. The number of nitrogens with two attached hydrogens (primary N) is 1. The summed E-state index contributed by atoms with van der Waals surface area (Å²) in [5.74, 6) is 0.450. The molecule has 6 rings (SSSR count). The fourth-order valence-corrected chi connectivity index (χ4v) is 4.98. The number of fused-ring (bicyclic) bond motifs is 2. The number of hydrogen-bond acceptors (Lipinski definition) is 6. The topological polar surface area (TPSA) is 86.7 Å². The number of anilines is 1. The molecule has 6 nitrogen and oxygen atoms in total. The molecular weight excluding hydrogens is 466 g/mol. The lowest BCUT2D eigenvalue weighted by molar-refractivity contribution is 0.889. The van der Waals surface area contributed by atoms with E-state index in [1.54, 1.807) is 5.51 Å². The molecule has 2 N–H and O–H groups in total. The number of benzene rings is 3. The summed E-state index contributed by atoms with van der Waals surface area (Å²) >= 11 is 1.46. The normalized spacial score (nSPS) is 10.8. The number of para-hydroxylation sites is 1. The first-order chi connectivity index (χ1) is 17.6. The molecule has 0 saturated heterocycles. The van der Waals surface area contributed by atoms with Gasteiger partial charge in [-0.05, 0) is 53.6 Å². The molecule has 36 heavy (non-hydrogen) atoms. The molecule has 0 fully saturated rings. The highest BCUT2D eigenvalue weighted by atomic mass is 32.1. The molecule has 6 aromatic rings. The second-order valence-corrected chi connectivity index (χ2v) is 9.15. The Morgan fingerprint density at radius 3 is 2.39 bits per heavy atom. The number of nitrogen functional groups attached to an aromatic ring is 1. The van der Waals surface area contributed by atoms with Crippen LogP contribution in [-0.4, -0.2) is 19.5 Å². The van der Waals surface area contributed by atoms with Crippen molar-refractivity contribution in [2.75, 3.05) is 5.73 Å². The molecule has 7 heteroatoms. The van der Waals surface area contributed by atoms with E-state index >= 15 is 0 Å². The average molecular weight is 492 g/mol. The first-order valence-corrected chi connectivity index (χ1v) is 12.5. The first-order valence-electron chi connectivity index (χ1n) is 11.7. The molecular formula is C29H25N5OS. The zero-order valence-electron chi connectivity index (χ0n) is 20.1. The monoisotopic (exact) mass is 491 g/mol. The van der Waals surface area contributed by atoms with Gasteiger partial charge in [0.15, 0.2) is 5.82 Å². The third-order valence-corrected chi connectivity index (χ3v) is 6.83. The molecule has 0 radical (unpaired) electrons. The van der Waals surface area contributed by atoms with Crippen molar-refractivity contribution in [3.63, 3.8) is 0 Å². The average Bonchev–Trinajstić information content (AvgIpc) is 3.40. The van der Waals surface area contributed by atoms with Gasteiger partial charge >= 0.3 is 0 Å². The zero-order valence-corrected chi connectivity index (χ0v) is 20.9. The van der Waals surface area contributed by atoms with Crippen molar-refractivity contribution in [2.24, 2.45) is 0 Å². The van der Waals surface area contributed by atoms with Gasteiger partial charge in [0, 0.05) is 11.4 Å². The fourth-order valence-electron chi connectivity index (χ4n) is 4.35. The molecule has 0 bridgehead atoms. The molecule has 0 unspecified atom stereocenters. The summed E-state index contributed by atoms with van der Waals surface area (Å²) in [5, 5.41) is 1.78. The third-order valence-electron chi connectivity index (χ3n) is 6.10. The molecule has 0 saturated carbocycles. The maximum atomic E-state index is 13.6. The Morgan fingerprint density at radius 1 is 0.889 bits per heavy atom. The van der Waals surface area contributed by atoms with Gasteiger partial charge in [-0.1, -0.05) is 67.6 Å². The van der Waals surface area contributed by atoms with Crippen LogP contribution in [0.4, 0.5) is 5.82 Å². The van der Waals surface area contributed by atoms with Crippen LogP contribution in [0.25, 0.3) is 37.9 Å². The van der Waals surface area contributed by atoms with E-state index in [0.29, 0.717) is 11.3 Å². The maximum absolute atomic E-state index is 13.6. The van der Waals surface area contributed by atoms with Gasteiger partial charge < -0.3 is 5.73 Å². The Hall–Kier alpha value is -4.36. The van der Waals surface area contributed by atoms with E-state index in [-0.39, 0.29) is 5.56 Å². The molecule has 0 aliphatic carbocycles. The van der Waals surface area contributed by atoms with Crippen LogP contribution in [-0.2, 0) is 6.42 Å². The van der Waals surface area contributed by atoms with Crippen LogP contribution < -0.4 is 11.3 Å². The van der Waals surface area contributed by atoms with Crippen LogP contribution in [0.5, 0.6) is 0 Å². The van der Waals surface area contributed by atoms with Gasteiger partial charge in [-0.2, -0.15) is 0 Å². The zero-order chi connectivity index (χ0) is 25.1. The van der Waals surface area contributed by atoms with E-state index in [4.69, 9.17) is 5.73 Å². The molecule has 0 amide bonds. The molecule has 0 atom stereocenters. The highest BCUT2D eigenvalue weighted by molar-refractivity contribution is 7.16. The summed E-state index contributed by atoms with van der Waals surface area (Å²) in [7, 11) is 0. The standard InChI is InChI=1S/C24H21NO.C5H4N4S/c1-3-19-16-18-11-9-15-22(21-14-8-7-10-17(21)2)23(18)24(26)25(19)20-12-5-4-6-13-20;6-4-3-5(8-1-7-4)10-2-9-3/h4-16H,3H2,1-2H3;1-2H,(H2,6,7,8). The van der Waals surface area contributed by atoms with Crippen molar-refractivity contribution in [3.05, 3.63) is 112 Å². The van der Waals surface area contributed by atoms with E-state index in [9.17, 15) is 4.79 Å². The lowest BCUT2D eigenvalue weighted by Gasteiger charge is -2.16. The summed E-state index contributed by atoms with van der Waals surface area (Å²) in [6.07, 6.45) is 2.24. The fraction of sp³-hybridized carbons (Fsp3) is 0.103. The minimum atomic E-state index is 0.0457. The van der Waals surface area contributed by atoms with Crippen molar-refractivity contribution in [1.82, 2.24) is 19.5 Å². The van der Waals surface area contributed by atoms with E-state index in [1.807, 2.05) is 65.2 Å². The third kappa shape index (κ3) is 4.36. The van der Waals surface area contributed by atoms with Gasteiger partial charge in [0.25, 0.3) is 5.56 Å². The Balaban J connectivity index is 0.000000222. The van der Waals surface area contributed by atoms with Crippen LogP contribution in [0, 0.1) is 6.92 Å². The van der Waals surface area contributed by atoms with Crippen LogP contribution in [0.2, 0.25) is 0 Å². The van der Waals surface area contributed by atoms with E-state index in [1.165, 1.54) is 23.2 Å². The van der Waals surface area contributed by atoms with Crippen molar-refractivity contribution in [2.45, 2.75) is 20.3 Å². The Bertz CT molecular complexity index is 1720. The summed E-state index contributed by atoms with van der Waals surface area (Å²) in [5.41, 5.74) is 13.2. The van der Waals surface area contributed by atoms with Gasteiger partial charge in [0.05, 0.1) is 10.9 Å². The predicted molar refractivity (Wildman–Crippen MR) is 149 cm³/mol. The second kappa shape index (κ2) is 10.1. The minimum Gasteiger partial charge on any atom is -0.382 e. The van der Waals surface area contributed by atoms with Crippen molar-refractivity contribution < 1.29 is 0 Å². The smallest absolute Gasteiger partial charge is 0.263 e. The van der Waals surface area contributed by atoms with E-state index < -0.39 is 0 Å². The maximum Gasteiger partial charge on any atom is 0.263 e. The van der Waals surface area contributed by atoms with Crippen LogP contribution in [0.3, 0.4) is 0 Å². The van der Waals surface area contributed by atoms with Gasteiger partial charge in [-0.25, -0.2) is 15.0 Å². The van der Waals surface area contributed by atoms with Crippen LogP contribution in [0.15, 0.2) is 95.5 Å². The number of aromatic nitrogens is 4. The number of thiazole rings is 1. The first kappa shape index (κ1) is 23.4. The van der Waals surface area contributed by atoms with Gasteiger partial charge in [-0.3, -0.25) is 9.36 Å². The molecule has 0 aliphatic rings. The molecule has 3 aromatic carbocycles. The molecule has 3 heterocycles. The summed E-state index contributed by atoms with van der Waals surface area (Å²) in [6.45, 7) is 4.18. The molecule has 0 spiro atoms. The molecule has 178 valence electrons.